The van der Waals surface area contributed by atoms with Crippen LogP contribution in [0, 0.1) is 18.3 Å². The van der Waals surface area contributed by atoms with Crippen molar-refractivity contribution >= 4 is 33.6 Å². The van der Waals surface area contributed by atoms with Gasteiger partial charge in [-0.05, 0) is 55.0 Å². The fourth-order valence-corrected chi connectivity index (χ4v) is 3.25. The van der Waals surface area contributed by atoms with E-state index in [1.165, 1.54) is 11.3 Å². The predicted octanol–water partition coefficient (Wildman–Crippen LogP) is 4.36. The number of thiazole rings is 1. The second-order valence-corrected chi connectivity index (χ2v) is 7.10. The van der Waals surface area contributed by atoms with E-state index in [-0.39, 0.29) is 5.78 Å². The topological polar surface area (TPSA) is 69.0 Å². The van der Waals surface area contributed by atoms with Gasteiger partial charge in [-0.3, -0.25) is 4.79 Å². The van der Waals surface area contributed by atoms with Crippen molar-refractivity contribution in [1.82, 2.24) is 4.98 Å². The third-order valence-electron chi connectivity index (χ3n) is 3.97. The van der Waals surface area contributed by atoms with E-state index in [1.54, 1.807) is 30.5 Å². The molecule has 130 valence electrons. The Balaban J connectivity index is 1.77. The number of carbonyl (C=O) groups excluding carboxylic acids is 1. The Morgan fingerprint density at radius 1 is 1.19 bits per heavy atom. The van der Waals surface area contributed by atoms with Gasteiger partial charge in [0.15, 0.2) is 5.13 Å². The van der Waals surface area contributed by atoms with E-state index in [9.17, 15) is 4.79 Å². The van der Waals surface area contributed by atoms with Crippen LogP contribution in [0.25, 0.3) is 0 Å². The number of rotatable bonds is 5. The molecule has 5 nitrogen and oxygen atoms in total. The summed E-state index contributed by atoms with van der Waals surface area (Å²) >= 11 is 1.31. The highest BCUT2D eigenvalue weighted by Gasteiger charge is 2.14. The Hall–Kier alpha value is -3.17. The first-order valence-corrected chi connectivity index (χ1v) is 8.85. The Morgan fingerprint density at radius 2 is 1.92 bits per heavy atom. The molecule has 0 fully saturated rings. The van der Waals surface area contributed by atoms with Crippen LogP contribution in [0.3, 0.4) is 0 Å². The molecular weight excluding hydrogens is 344 g/mol. The van der Waals surface area contributed by atoms with E-state index in [0.29, 0.717) is 21.1 Å². The Kier molecular flexibility index (Phi) is 5.01. The highest BCUT2D eigenvalue weighted by Crippen LogP contribution is 2.28. The monoisotopic (exact) mass is 362 g/mol. The molecule has 0 bridgehead atoms. The lowest BCUT2D eigenvalue weighted by Gasteiger charge is -2.15. The van der Waals surface area contributed by atoms with Gasteiger partial charge in [0.1, 0.15) is 0 Å². The first-order chi connectivity index (χ1) is 12.5. The number of nitrogens with zero attached hydrogens (tertiary/aromatic N) is 3. The lowest BCUT2D eigenvalue weighted by atomic mass is 10.1. The summed E-state index contributed by atoms with van der Waals surface area (Å²) in [5.74, 6) is -0.0975. The van der Waals surface area contributed by atoms with Gasteiger partial charge in [0.2, 0.25) is 5.78 Å². The summed E-state index contributed by atoms with van der Waals surface area (Å²) < 4.78 is 0. The average molecular weight is 362 g/mol. The highest BCUT2D eigenvalue weighted by atomic mass is 32.1. The van der Waals surface area contributed by atoms with Crippen LogP contribution < -0.4 is 10.2 Å². The number of aromatic nitrogens is 1. The van der Waals surface area contributed by atoms with Crippen LogP contribution in [0.4, 0.5) is 16.5 Å². The molecule has 0 aliphatic heterocycles. The maximum atomic E-state index is 12.6. The molecule has 0 spiro atoms. The summed E-state index contributed by atoms with van der Waals surface area (Å²) in [6, 6.07) is 14.8. The number of aryl methyl sites for hydroxylation is 1. The molecular formula is C20H18N4OS. The number of ketones is 1. The quantitative estimate of drug-likeness (QED) is 0.683. The lowest BCUT2D eigenvalue weighted by Crippen LogP contribution is -2.08. The van der Waals surface area contributed by atoms with Crippen molar-refractivity contribution in [1.29, 1.82) is 5.26 Å². The normalized spacial score (nSPS) is 10.2. The molecule has 0 aliphatic carbocycles. The van der Waals surface area contributed by atoms with Gasteiger partial charge in [-0.15, -0.1) is 0 Å². The van der Waals surface area contributed by atoms with Crippen molar-refractivity contribution in [3.8, 4) is 6.07 Å². The van der Waals surface area contributed by atoms with E-state index in [2.05, 4.69) is 21.3 Å². The van der Waals surface area contributed by atoms with Crippen LogP contribution in [0.1, 0.15) is 26.4 Å². The van der Waals surface area contributed by atoms with Crippen LogP contribution in [-0.4, -0.2) is 24.9 Å². The zero-order valence-corrected chi connectivity index (χ0v) is 15.6. The van der Waals surface area contributed by atoms with Gasteiger partial charge in [-0.2, -0.15) is 5.26 Å². The van der Waals surface area contributed by atoms with Crippen LogP contribution in [-0.2, 0) is 0 Å². The van der Waals surface area contributed by atoms with E-state index in [0.717, 1.165) is 16.9 Å². The summed E-state index contributed by atoms with van der Waals surface area (Å²) in [7, 11) is 4.01. The fourth-order valence-electron chi connectivity index (χ4n) is 2.46. The molecule has 3 aromatic rings. The average Bonchev–Trinajstić information content (AvgIpc) is 3.11. The second kappa shape index (κ2) is 7.38. The molecule has 1 heterocycles. The molecule has 6 heteroatoms. The number of hydrogen-bond acceptors (Lipinski definition) is 6. The number of carbonyl (C=O) groups is 1. The number of hydrogen-bond donors (Lipinski definition) is 1. The minimum absolute atomic E-state index is 0.0975. The van der Waals surface area contributed by atoms with Crippen molar-refractivity contribution in [2.24, 2.45) is 0 Å². The molecule has 3 rings (SSSR count). The minimum atomic E-state index is -0.0975. The van der Waals surface area contributed by atoms with Crippen molar-refractivity contribution in [3.05, 3.63) is 70.2 Å². The maximum absolute atomic E-state index is 12.6. The SMILES string of the molecule is Cc1cc(N(C)C)ccc1Nc1ncc(C(=O)c2ccc(C#N)cc2)s1. The molecule has 0 atom stereocenters. The number of nitriles is 1. The summed E-state index contributed by atoms with van der Waals surface area (Å²) in [6.07, 6.45) is 1.58. The van der Waals surface area contributed by atoms with E-state index < -0.39 is 0 Å². The Bertz CT molecular complexity index is 984. The molecule has 26 heavy (non-hydrogen) atoms. The molecule has 0 saturated carbocycles. The van der Waals surface area contributed by atoms with Gasteiger partial charge < -0.3 is 10.2 Å². The molecule has 0 amide bonds. The van der Waals surface area contributed by atoms with Crippen LogP contribution in [0.15, 0.2) is 48.7 Å². The smallest absolute Gasteiger partial charge is 0.204 e. The van der Waals surface area contributed by atoms with Gasteiger partial charge in [-0.25, -0.2) is 4.98 Å². The van der Waals surface area contributed by atoms with Gasteiger partial charge in [0.05, 0.1) is 22.7 Å². The third-order valence-corrected chi connectivity index (χ3v) is 4.89. The predicted molar refractivity (Wildman–Crippen MR) is 105 cm³/mol. The highest BCUT2D eigenvalue weighted by molar-refractivity contribution is 7.17. The molecule has 1 N–H and O–H groups in total. The fraction of sp³-hybridized carbons (Fsp3) is 0.150. The van der Waals surface area contributed by atoms with Crippen LogP contribution >= 0.6 is 11.3 Å². The van der Waals surface area contributed by atoms with E-state index in [4.69, 9.17) is 5.26 Å². The van der Waals surface area contributed by atoms with E-state index >= 15 is 0 Å². The summed E-state index contributed by atoms with van der Waals surface area (Å²) in [4.78, 5) is 19.5. The first-order valence-electron chi connectivity index (χ1n) is 8.03. The number of nitrogens with one attached hydrogen (secondary N) is 1. The molecule has 0 saturated heterocycles. The maximum Gasteiger partial charge on any atom is 0.204 e. The lowest BCUT2D eigenvalue weighted by molar-refractivity contribution is 0.104. The van der Waals surface area contributed by atoms with Gasteiger partial charge >= 0.3 is 0 Å². The second-order valence-electron chi connectivity index (χ2n) is 6.07. The van der Waals surface area contributed by atoms with Crippen molar-refractivity contribution in [2.75, 3.05) is 24.3 Å². The number of benzene rings is 2. The van der Waals surface area contributed by atoms with Crippen LogP contribution in [0.5, 0.6) is 0 Å². The van der Waals surface area contributed by atoms with Gasteiger partial charge in [0, 0.05) is 31.0 Å². The summed E-state index contributed by atoms with van der Waals surface area (Å²) in [5, 5.41) is 12.8. The zero-order chi connectivity index (χ0) is 18.7. The molecule has 2 aromatic carbocycles. The minimum Gasteiger partial charge on any atom is -0.378 e. The van der Waals surface area contributed by atoms with Crippen molar-refractivity contribution < 1.29 is 4.79 Å². The molecule has 0 unspecified atom stereocenters. The Labute approximate surface area is 156 Å². The summed E-state index contributed by atoms with van der Waals surface area (Å²) in [6.45, 7) is 2.03. The molecule has 1 aromatic heterocycles. The molecule has 0 radical (unpaired) electrons. The van der Waals surface area contributed by atoms with Crippen molar-refractivity contribution in [3.63, 3.8) is 0 Å². The number of anilines is 3. The van der Waals surface area contributed by atoms with Crippen molar-refractivity contribution in [2.45, 2.75) is 6.92 Å². The largest absolute Gasteiger partial charge is 0.378 e. The summed E-state index contributed by atoms with van der Waals surface area (Å²) in [5.41, 5.74) is 4.27. The van der Waals surface area contributed by atoms with Crippen LogP contribution in [0.2, 0.25) is 0 Å². The first kappa shape index (κ1) is 17.6. The van der Waals surface area contributed by atoms with Gasteiger partial charge in [-0.1, -0.05) is 11.3 Å². The van der Waals surface area contributed by atoms with E-state index in [1.807, 2.05) is 39.2 Å². The van der Waals surface area contributed by atoms with Gasteiger partial charge in [0.25, 0.3) is 0 Å². The zero-order valence-electron chi connectivity index (χ0n) is 14.8. The Morgan fingerprint density at radius 3 is 2.54 bits per heavy atom. The third kappa shape index (κ3) is 3.73. The standard InChI is InChI=1S/C20H18N4OS/c1-13-10-16(24(2)3)8-9-17(13)23-20-22-12-18(26-20)19(25)15-6-4-14(11-21)5-7-15/h4-10,12H,1-3H3,(H,22,23). The molecule has 0 aliphatic rings.